The second kappa shape index (κ2) is 10.9. The molecule has 0 fully saturated rings. The summed E-state index contributed by atoms with van der Waals surface area (Å²) in [6.07, 6.45) is 2.31. The third kappa shape index (κ3) is 5.10. The average Bonchev–Trinajstić information content (AvgIpc) is 3.15. The summed E-state index contributed by atoms with van der Waals surface area (Å²) in [5.74, 6) is 4.13. The second-order valence-corrected chi connectivity index (χ2v) is 8.33. The summed E-state index contributed by atoms with van der Waals surface area (Å²) in [4.78, 5) is 6.88. The van der Waals surface area contributed by atoms with E-state index >= 15 is 0 Å². The lowest BCUT2D eigenvalue weighted by molar-refractivity contribution is -0.463. The van der Waals surface area contributed by atoms with Crippen LogP contribution in [0.5, 0.6) is 0 Å². The molecule has 2 aliphatic rings. The number of hydrogen-bond donors (Lipinski definition) is 4. The molecule has 33 heavy (non-hydrogen) atoms. The Morgan fingerprint density at radius 1 is 0.606 bits per heavy atom. The quantitative estimate of drug-likeness (QED) is 0.299. The smallest absolute Gasteiger partial charge is 0.274 e. The number of hydrogen-bond acceptors (Lipinski definition) is 3. The van der Waals surface area contributed by atoms with Gasteiger partial charge in [0.25, 0.3) is 11.7 Å². The number of furan rings is 1. The molecule has 0 spiro atoms. The highest BCUT2D eigenvalue weighted by molar-refractivity contribution is 5.95. The van der Waals surface area contributed by atoms with Crippen LogP contribution in [0.2, 0.25) is 0 Å². The molecule has 7 heteroatoms. The second-order valence-electron chi connectivity index (χ2n) is 8.33. The lowest BCUT2D eigenvalue weighted by atomic mass is 10.0. The van der Waals surface area contributed by atoms with E-state index in [0.29, 0.717) is 0 Å². The summed E-state index contributed by atoms with van der Waals surface area (Å²) >= 11 is 0. The third-order valence-corrected chi connectivity index (χ3v) is 6.23. The highest BCUT2D eigenvalue weighted by Crippen LogP contribution is 2.36. The number of halogens is 2. The van der Waals surface area contributed by atoms with Crippen molar-refractivity contribution >= 4 is 11.7 Å². The molecular formula is C26H30Cl2N4O. The molecule has 0 radical (unpaired) electrons. The van der Waals surface area contributed by atoms with E-state index in [9.17, 15) is 0 Å². The first-order valence-electron chi connectivity index (χ1n) is 11.2. The van der Waals surface area contributed by atoms with E-state index in [1.807, 2.05) is 0 Å². The molecule has 0 atom stereocenters. The van der Waals surface area contributed by atoms with Crippen molar-refractivity contribution in [3.05, 3.63) is 70.8 Å². The molecule has 0 amide bonds. The minimum absolute atomic E-state index is 0. The molecule has 174 valence electrons. The zero-order valence-electron chi connectivity index (χ0n) is 19.0. The number of benzene rings is 2. The van der Waals surface area contributed by atoms with Crippen LogP contribution in [0.3, 0.4) is 0 Å². The maximum absolute atomic E-state index is 6.41. The van der Waals surface area contributed by atoms with Crippen LogP contribution in [0.1, 0.15) is 35.1 Å². The summed E-state index contributed by atoms with van der Waals surface area (Å²) in [7, 11) is 0. The van der Waals surface area contributed by atoms with Gasteiger partial charge in [-0.1, -0.05) is 24.3 Å². The molecule has 1 aromatic heterocycles. The molecule has 0 saturated heterocycles. The highest BCUT2D eigenvalue weighted by Gasteiger charge is 2.19. The monoisotopic (exact) mass is 484 g/mol. The maximum atomic E-state index is 6.41. The van der Waals surface area contributed by atoms with Crippen molar-refractivity contribution in [1.29, 1.82) is 0 Å². The van der Waals surface area contributed by atoms with E-state index in [1.165, 1.54) is 22.3 Å². The van der Waals surface area contributed by atoms with Gasteiger partial charge in [-0.3, -0.25) is 20.6 Å². The average molecular weight is 485 g/mol. The molecule has 3 aromatic rings. The molecule has 4 N–H and O–H groups in total. The zero-order valence-corrected chi connectivity index (χ0v) is 20.5. The lowest BCUT2D eigenvalue weighted by Gasteiger charge is -2.09. The molecule has 0 saturated carbocycles. The Hall–Kier alpha value is -2.76. The van der Waals surface area contributed by atoms with Crippen molar-refractivity contribution < 1.29 is 39.2 Å². The molecule has 0 unspecified atom stereocenters. The first-order valence-corrected chi connectivity index (χ1v) is 11.2. The minimum Gasteiger partial charge on any atom is -1.00 e. The normalized spacial score (nSPS) is 15.2. The third-order valence-electron chi connectivity index (χ3n) is 6.23. The van der Waals surface area contributed by atoms with E-state index in [2.05, 4.69) is 83.0 Å². The Kier molecular flexibility index (Phi) is 8.22. The summed E-state index contributed by atoms with van der Waals surface area (Å²) in [5.41, 5.74) is 6.96. The molecule has 2 aromatic carbocycles. The minimum atomic E-state index is 0. The maximum Gasteiger partial charge on any atom is 0.274 e. The van der Waals surface area contributed by atoms with E-state index in [-0.39, 0.29) is 24.8 Å². The van der Waals surface area contributed by atoms with Gasteiger partial charge in [-0.15, -0.1) is 0 Å². The Morgan fingerprint density at radius 3 is 1.30 bits per heavy atom. The van der Waals surface area contributed by atoms with Crippen molar-refractivity contribution in [3.8, 4) is 22.6 Å². The number of rotatable bonds is 4. The topological polar surface area (TPSA) is 65.1 Å². The van der Waals surface area contributed by atoms with Crippen LogP contribution < -0.4 is 45.4 Å². The van der Waals surface area contributed by atoms with Crippen molar-refractivity contribution in [3.63, 3.8) is 0 Å². The summed E-state index contributed by atoms with van der Waals surface area (Å²) in [6.45, 7) is 8.37. The van der Waals surface area contributed by atoms with Gasteiger partial charge in [0.2, 0.25) is 0 Å². The van der Waals surface area contributed by atoms with Crippen LogP contribution in [-0.4, -0.2) is 37.9 Å². The van der Waals surface area contributed by atoms with Crippen LogP contribution in [0.25, 0.3) is 22.6 Å². The summed E-state index contributed by atoms with van der Waals surface area (Å²) in [5, 5.41) is 6.88. The molecule has 5 rings (SSSR count). The molecule has 2 aliphatic heterocycles. The van der Waals surface area contributed by atoms with Gasteiger partial charge in [-0.2, -0.15) is 0 Å². The van der Waals surface area contributed by atoms with Crippen LogP contribution in [0.4, 0.5) is 0 Å². The van der Waals surface area contributed by atoms with Crippen LogP contribution in [-0.2, 0) is 0 Å². The number of nitrogens with one attached hydrogen (secondary N) is 4. The van der Waals surface area contributed by atoms with Gasteiger partial charge in [-0.05, 0) is 49.2 Å². The molecule has 0 aliphatic carbocycles. The molecule has 3 heterocycles. The van der Waals surface area contributed by atoms with Crippen molar-refractivity contribution in [2.24, 2.45) is 0 Å². The molecule has 5 nitrogen and oxygen atoms in total. The largest absolute Gasteiger partial charge is 1.00 e. The van der Waals surface area contributed by atoms with Crippen molar-refractivity contribution in [2.75, 3.05) is 26.2 Å². The fraction of sp³-hybridized carbons (Fsp3) is 0.308. The van der Waals surface area contributed by atoms with E-state index in [4.69, 9.17) is 4.42 Å². The highest BCUT2D eigenvalue weighted by atomic mass is 35.5. The van der Waals surface area contributed by atoms with Gasteiger partial charge >= 0.3 is 0 Å². The lowest BCUT2D eigenvalue weighted by Crippen LogP contribution is -3.00. The standard InChI is InChI=1S/C26H28N4O.2ClH/c1-17-18(2)24(20-7-11-22(12-8-20)26-29-15-4-16-30-26)31-23(17)19-5-9-21(10-6-19)25-27-13-3-14-28-25;;/h5-12H,3-4,13-16H2,1-2H3,(H,27,28)(H,29,30);2*1H. The van der Waals surface area contributed by atoms with E-state index < -0.39 is 0 Å². The van der Waals surface area contributed by atoms with Crippen LogP contribution in [0, 0.1) is 13.8 Å². The predicted molar refractivity (Wildman–Crippen MR) is 124 cm³/mol. The SMILES string of the molecule is Cc1c(-c2ccc(C3=[NH+]CCCN3)cc2)oc(-c2ccc(C3=[NH+]CCCN3)cc2)c1C.[Cl-].[Cl-]. The van der Waals surface area contributed by atoms with Crippen molar-refractivity contribution in [1.82, 2.24) is 10.6 Å². The van der Waals surface area contributed by atoms with Gasteiger partial charge in [0.1, 0.15) is 11.5 Å². The molecule has 0 bridgehead atoms. The zero-order chi connectivity index (χ0) is 21.2. The number of amidine groups is 2. The Balaban J connectivity index is 0.00000153. The van der Waals surface area contributed by atoms with Gasteiger partial charge in [0.05, 0.1) is 37.3 Å². The van der Waals surface area contributed by atoms with Gasteiger partial charge in [0, 0.05) is 24.0 Å². The predicted octanol–water partition coefficient (Wildman–Crippen LogP) is -5.12. The fourth-order valence-corrected chi connectivity index (χ4v) is 4.29. The summed E-state index contributed by atoms with van der Waals surface area (Å²) < 4.78 is 6.41. The van der Waals surface area contributed by atoms with Crippen LogP contribution in [0.15, 0.2) is 52.9 Å². The Bertz CT molecular complexity index is 1060. The fourth-order valence-electron chi connectivity index (χ4n) is 4.29. The Labute approximate surface area is 207 Å². The van der Waals surface area contributed by atoms with Crippen molar-refractivity contribution in [2.45, 2.75) is 26.7 Å². The van der Waals surface area contributed by atoms with Gasteiger partial charge < -0.3 is 29.2 Å². The van der Waals surface area contributed by atoms with E-state index in [0.717, 1.165) is 73.3 Å². The van der Waals surface area contributed by atoms with E-state index in [1.54, 1.807) is 0 Å². The van der Waals surface area contributed by atoms with Gasteiger partial charge in [0.15, 0.2) is 0 Å². The Morgan fingerprint density at radius 2 is 0.970 bits per heavy atom. The first-order chi connectivity index (χ1) is 15.2. The summed E-state index contributed by atoms with van der Waals surface area (Å²) in [6, 6.07) is 17.2. The first kappa shape index (κ1) is 24.9. The van der Waals surface area contributed by atoms with Gasteiger partial charge in [-0.25, -0.2) is 0 Å². The van der Waals surface area contributed by atoms with Crippen LogP contribution >= 0.6 is 0 Å². The molecular weight excluding hydrogens is 455 g/mol.